The van der Waals surface area contributed by atoms with Gasteiger partial charge in [-0.2, -0.15) is 4.98 Å². The number of aromatic nitrogens is 2. The van der Waals surface area contributed by atoms with E-state index in [9.17, 15) is 5.11 Å². The van der Waals surface area contributed by atoms with E-state index in [-0.39, 0.29) is 18.6 Å². The van der Waals surface area contributed by atoms with Crippen molar-refractivity contribution in [3.05, 3.63) is 11.8 Å². The number of hydrogen-bond acceptors (Lipinski definition) is 7. The Morgan fingerprint density at radius 3 is 2.79 bits per heavy atom. The van der Waals surface area contributed by atoms with Crippen LogP contribution < -0.4 is 10.2 Å². The van der Waals surface area contributed by atoms with Gasteiger partial charge in [-0.1, -0.05) is 6.42 Å². The summed E-state index contributed by atoms with van der Waals surface area (Å²) >= 11 is 0. The molecule has 1 saturated heterocycles. The normalized spacial score (nSPS) is 22.2. The fraction of sp³-hybridized carbons (Fsp3) is 0.765. The van der Waals surface area contributed by atoms with Gasteiger partial charge in [0.25, 0.3) is 0 Å². The highest BCUT2D eigenvalue weighted by Crippen LogP contribution is 2.41. The Morgan fingerprint density at radius 2 is 2.21 bits per heavy atom. The zero-order valence-corrected chi connectivity index (χ0v) is 14.4. The van der Waals surface area contributed by atoms with Gasteiger partial charge < -0.3 is 25.2 Å². The molecule has 7 heteroatoms. The van der Waals surface area contributed by atoms with Crippen LogP contribution in [0.4, 0.5) is 11.8 Å². The molecule has 24 heavy (non-hydrogen) atoms. The van der Waals surface area contributed by atoms with Crippen LogP contribution in [0.1, 0.15) is 37.3 Å². The van der Waals surface area contributed by atoms with Gasteiger partial charge in [0, 0.05) is 44.1 Å². The van der Waals surface area contributed by atoms with Gasteiger partial charge in [-0.05, 0) is 19.3 Å². The molecule has 1 saturated carbocycles. The first-order chi connectivity index (χ1) is 11.7. The molecule has 0 spiro atoms. The average Bonchev–Trinajstić information content (AvgIpc) is 3.10. The maximum Gasteiger partial charge on any atom is 0.224 e. The molecule has 0 radical (unpaired) electrons. The van der Waals surface area contributed by atoms with Crippen molar-refractivity contribution < 1.29 is 14.9 Å². The van der Waals surface area contributed by atoms with Gasteiger partial charge in [-0.3, -0.25) is 0 Å². The molecule has 3 rings (SSSR count). The summed E-state index contributed by atoms with van der Waals surface area (Å²) in [5.74, 6) is 1.69. The summed E-state index contributed by atoms with van der Waals surface area (Å²) in [5.41, 5.74) is 0.992. The first kappa shape index (κ1) is 17.4. The number of nitrogens with one attached hydrogen (secondary N) is 1. The zero-order chi connectivity index (χ0) is 17.0. The second-order valence-corrected chi connectivity index (χ2v) is 7.05. The number of aliphatic hydroxyl groups is 2. The molecule has 2 heterocycles. The number of nitrogens with zero attached hydrogens (tertiary/aromatic N) is 3. The molecule has 1 aliphatic heterocycles. The molecule has 2 aliphatic rings. The van der Waals surface area contributed by atoms with Gasteiger partial charge in [0.05, 0.1) is 25.5 Å². The first-order valence-electron chi connectivity index (χ1n) is 8.79. The lowest BCUT2D eigenvalue weighted by atomic mass is 9.69. The van der Waals surface area contributed by atoms with E-state index in [4.69, 9.17) is 9.84 Å². The first-order valence-corrected chi connectivity index (χ1v) is 8.79. The molecule has 2 fully saturated rings. The van der Waals surface area contributed by atoms with Gasteiger partial charge in [0.1, 0.15) is 5.82 Å². The van der Waals surface area contributed by atoms with Gasteiger partial charge in [0.2, 0.25) is 5.95 Å². The van der Waals surface area contributed by atoms with Crippen LogP contribution in [-0.4, -0.2) is 66.7 Å². The number of ether oxygens (including phenoxy) is 1. The fourth-order valence-corrected chi connectivity index (χ4v) is 3.50. The molecule has 0 bridgehead atoms. The summed E-state index contributed by atoms with van der Waals surface area (Å²) in [6.07, 6.45) is 4.29. The minimum Gasteiger partial charge on any atom is -0.396 e. The Balaban J connectivity index is 1.80. The minimum atomic E-state index is 0.00895. The summed E-state index contributed by atoms with van der Waals surface area (Å²) < 4.78 is 5.49. The standard InChI is InChI=1S/C17H28N4O3/c1-21(11-17(12-23)4-2-5-17)15-9-14(13-3-8-24-10-13)19-16(20-15)18-6-7-22/h9,13,22-23H,2-8,10-12H2,1H3,(H,18,19,20). The highest BCUT2D eigenvalue weighted by Gasteiger charge is 2.37. The Bertz CT molecular complexity index is 539. The van der Waals surface area contributed by atoms with Gasteiger partial charge >= 0.3 is 0 Å². The lowest BCUT2D eigenvalue weighted by Gasteiger charge is -2.43. The smallest absolute Gasteiger partial charge is 0.224 e. The predicted octanol–water partition coefficient (Wildman–Crippen LogP) is 0.983. The molecule has 3 N–H and O–H groups in total. The topological polar surface area (TPSA) is 90.7 Å². The summed E-state index contributed by atoms with van der Waals surface area (Å²) in [6, 6.07) is 2.03. The highest BCUT2D eigenvalue weighted by atomic mass is 16.5. The lowest BCUT2D eigenvalue weighted by Crippen LogP contribution is -2.44. The van der Waals surface area contributed by atoms with Gasteiger partial charge in [-0.25, -0.2) is 4.98 Å². The van der Waals surface area contributed by atoms with Crippen LogP contribution in [-0.2, 0) is 4.74 Å². The van der Waals surface area contributed by atoms with Crippen LogP contribution in [0.25, 0.3) is 0 Å². The van der Waals surface area contributed by atoms with Crippen LogP contribution in [0, 0.1) is 5.41 Å². The minimum absolute atomic E-state index is 0.00895. The van der Waals surface area contributed by atoms with Crippen LogP contribution >= 0.6 is 0 Å². The highest BCUT2D eigenvalue weighted by molar-refractivity contribution is 5.45. The van der Waals surface area contributed by atoms with Crippen molar-refractivity contribution in [1.29, 1.82) is 0 Å². The van der Waals surface area contributed by atoms with Crippen LogP contribution in [0.2, 0.25) is 0 Å². The summed E-state index contributed by atoms with van der Waals surface area (Å²) in [4.78, 5) is 11.3. The molecule has 1 aromatic heterocycles. The Kier molecular flexibility index (Phi) is 5.53. The van der Waals surface area contributed by atoms with Crippen LogP contribution in [0.3, 0.4) is 0 Å². The lowest BCUT2D eigenvalue weighted by molar-refractivity contribution is 0.0523. The molecular weight excluding hydrogens is 308 g/mol. The second-order valence-electron chi connectivity index (χ2n) is 7.05. The molecule has 1 aromatic rings. The maximum absolute atomic E-state index is 9.71. The van der Waals surface area contributed by atoms with Crippen molar-refractivity contribution in [3.63, 3.8) is 0 Å². The van der Waals surface area contributed by atoms with Gasteiger partial charge in [-0.15, -0.1) is 0 Å². The zero-order valence-electron chi connectivity index (χ0n) is 14.4. The van der Waals surface area contributed by atoms with Crippen molar-refractivity contribution in [2.75, 3.05) is 56.8 Å². The number of aliphatic hydroxyl groups excluding tert-OH is 2. The SMILES string of the molecule is CN(CC1(CO)CCC1)c1cc(C2CCOC2)nc(NCCO)n1. The van der Waals surface area contributed by atoms with Crippen molar-refractivity contribution in [3.8, 4) is 0 Å². The van der Waals surface area contributed by atoms with Crippen molar-refractivity contribution in [1.82, 2.24) is 9.97 Å². The van der Waals surface area contributed by atoms with Crippen LogP contribution in [0.15, 0.2) is 6.07 Å². The monoisotopic (exact) mass is 336 g/mol. The van der Waals surface area contributed by atoms with Gasteiger partial charge in [0.15, 0.2) is 0 Å². The van der Waals surface area contributed by atoms with E-state index in [1.807, 2.05) is 13.1 Å². The average molecular weight is 336 g/mol. The molecule has 1 atom stereocenters. The Morgan fingerprint density at radius 1 is 1.38 bits per heavy atom. The fourth-order valence-electron chi connectivity index (χ4n) is 3.50. The third-order valence-corrected chi connectivity index (χ3v) is 5.19. The molecule has 0 amide bonds. The van der Waals surface area contributed by atoms with E-state index < -0.39 is 0 Å². The quantitative estimate of drug-likeness (QED) is 0.652. The number of hydrogen-bond donors (Lipinski definition) is 3. The molecule has 1 aliphatic carbocycles. The molecular formula is C17H28N4O3. The Hall–Kier alpha value is -1.44. The largest absolute Gasteiger partial charge is 0.396 e. The van der Waals surface area contributed by atoms with E-state index in [0.717, 1.165) is 43.9 Å². The second kappa shape index (κ2) is 7.63. The molecule has 134 valence electrons. The predicted molar refractivity (Wildman–Crippen MR) is 92.4 cm³/mol. The van der Waals surface area contributed by atoms with Crippen molar-refractivity contribution >= 4 is 11.8 Å². The van der Waals surface area contributed by atoms with E-state index in [1.165, 1.54) is 6.42 Å². The van der Waals surface area contributed by atoms with E-state index in [2.05, 4.69) is 20.2 Å². The van der Waals surface area contributed by atoms with E-state index in [0.29, 0.717) is 25.0 Å². The summed E-state index contributed by atoms with van der Waals surface area (Å²) in [6.45, 7) is 2.95. The number of rotatable bonds is 8. The van der Waals surface area contributed by atoms with Crippen LogP contribution in [0.5, 0.6) is 0 Å². The number of anilines is 2. The Labute approximate surface area is 143 Å². The summed E-state index contributed by atoms with van der Waals surface area (Å²) in [5, 5.41) is 21.8. The van der Waals surface area contributed by atoms with E-state index in [1.54, 1.807) is 0 Å². The maximum atomic E-state index is 9.71. The third-order valence-electron chi connectivity index (χ3n) is 5.19. The molecule has 0 aromatic carbocycles. The van der Waals surface area contributed by atoms with Crippen molar-refractivity contribution in [2.45, 2.75) is 31.6 Å². The van der Waals surface area contributed by atoms with Crippen molar-refractivity contribution in [2.24, 2.45) is 5.41 Å². The third kappa shape index (κ3) is 3.79. The molecule has 7 nitrogen and oxygen atoms in total. The van der Waals surface area contributed by atoms with E-state index >= 15 is 0 Å². The summed E-state index contributed by atoms with van der Waals surface area (Å²) in [7, 11) is 2.02. The molecule has 1 unspecified atom stereocenters.